The highest BCUT2D eigenvalue weighted by molar-refractivity contribution is 5.84. The number of rotatable bonds is 3. The number of likely N-dealkylation sites (tertiary alicyclic amines) is 1. The summed E-state index contributed by atoms with van der Waals surface area (Å²) in [4.78, 5) is 2.48. The van der Waals surface area contributed by atoms with Gasteiger partial charge in [0.2, 0.25) is 0 Å². The standard InChI is InChI=1S/C15H21N3/c1-17-10-13(12-6-2-3-7-15(12)17)14(16)11-18-8-4-5-9-18/h2-3,6-7,10,14H,4-5,8-9,11,16H2,1H3. The van der Waals surface area contributed by atoms with Crippen molar-refractivity contribution < 1.29 is 0 Å². The molecule has 1 aromatic heterocycles. The molecule has 1 unspecified atom stereocenters. The summed E-state index contributed by atoms with van der Waals surface area (Å²) in [5.41, 5.74) is 8.94. The molecular weight excluding hydrogens is 222 g/mol. The zero-order valence-corrected chi connectivity index (χ0v) is 11.0. The average Bonchev–Trinajstić information content (AvgIpc) is 2.98. The van der Waals surface area contributed by atoms with Crippen LogP contribution in [0.3, 0.4) is 0 Å². The van der Waals surface area contributed by atoms with Gasteiger partial charge < -0.3 is 15.2 Å². The molecule has 18 heavy (non-hydrogen) atoms. The van der Waals surface area contributed by atoms with Crippen molar-refractivity contribution in [3.8, 4) is 0 Å². The monoisotopic (exact) mass is 243 g/mol. The van der Waals surface area contributed by atoms with E-state index in [2.05, 4.69) is 47.0 Å². The molecule has 1 aliphatic rings. The molecular formula is C15H21N3. The third kappa shape index (κ3) is 2.04. The van der Waals surface area contributed by atoms with Crippen molar-refractivity contribution in [2.45, 2.75) is 18.9 Å². The molecule has 0 saturated carbocycles. The number of para-hydroxylation sites is 1. The van der Waals surface area contributed by atoms with Crippen LogP contribution in [-0.4, -0.2) is 29.1 Å². The van der Waals surface area contributed by atoms with E-state index in [9.17, 15) is 0 Å². The number of nitrogens with two attached hydrogens (primary N) is 1. The Kier molecular flexibility index (Phi) is 3.10. The fraction of sp³-hybridized carbons (Fsp3) is 0.467. The van der Waals surface area contributed by atoms with Crippen LogP contribution < -0.4 is 5.73 Å². The van der Waals surface area contributed by atoms with Crippen molar-refractivity contribution in [3.63, 3.8) is 0 Å². The van der Waals surface area contributed by atoms with Gasteiger partial charge in [-0.2, -0.15) is 0 Å². The Morgan fingerprint density at radius 3 is 2.72 bits per heavy atom. The molecule has 0 bridgehead atoms. The molecule has 2 heterocycles. The molecule has 1 aromatic carbocycles. The first-order valence-corrected chi connectivity index (χ1v) is 6.77. The van der Waals surface area contributed by atoms with Gasteiger partial charge >= 0.3 is 0 Å². The Morgan fingerprint density at radius 1 is 1.22 bits per heavy atom. The van der Waals surface area contributed by atoms with Gasteiger partial charge in [0.15, 0.2) is 0 Å². The molecule has 3 nitrogen and oxygen atoms in total. The second-order valence-electron chi connectivity index (χ2n) is 5.33. The van der Waals surface area contributed by atoms with Crippen LogP contribution >= 0.6 is 0 Å². The highest BCUT2D eigenvalue weighted by Gasteiger charge is 2.18. The predicted molar refractivity (Wildman–Crippen MR) is 75.5 cm³/mol. The number of aromatic nitrogens is 1. The summed E-state index contributed by atoms with van der Waals surface area (Å²) in [5.74, 6) is 0. The number of fused-ring (bicyclic) bond motifs is 1. The van der Waals surface area contributed by atoms with E-state index in [4.69, 9.17) is 5.73 Å². The largest absolute Gasteiger partial charge is 0.350 e. The molecule has 1 saturated heterocycles. The molecule has 1 aliphatic heterocycles. The molecule has 96 valence electrons. The minimum atomic E-state index is 0.120. The minimum absolute atomic E-state index is 0.120. The lowest BCUT2D eigenvalue weighted by atomic mass is 10.1. The summed E-state index contributed by atoms with van der Waals surface area (Å²) in [6.45, 7) is 3.39. The third-order valence-corrected chi connectivity index (χ3v) is 3.98. The quantitative estimate of drug-likeness (QED) is 0.897. The van der Waals surface area contributed by atoms with Crippen LogP contribution in [0.4, 0.5) is 0 Å². The maximum Gasteiger partial charge on any atom is 0.0481 e. The van der Waals surface area contributed by atoms with Gasteiger partial charge in [0.1, 0.15) is 0 Å². The van der Waals surface area contributed by atoms with E-state index in [0.717, 1.165) is 6.54 Å². The van der Waals surface area contributed by atoms with Gasteiger partial charge in [-0.3, -0.25) is 0 Å². The summed E-state index contributed by atoms with van der Waals surface area (Å²) < 4.78 is 2.18. The van der Waals surface area contributed by atoms with E-state index >= 15 is 0 Å². The van der Waals surface area contributed by atoms with Gasteiger partial charge in [0.05, 0.1) is 0 Å². The molecule has 3 rings (SSSR count). The molecule has 0 amide bonds. The third-order valence-electron chi connectivity index (χ3n) is 3.98. The molecule has 2 N–H and O–H groups in total. The van der Waals surface area contributed by atoms with E-state index in [-0.39, 0.29) is 6.04 Å². The van der Waals surface area contributed by atoms with Crippen LogP contribution in [0.5, 0.6) is 0 Å². The molecule has 0 aliphatic carbocycles. The minimum Gasteiger partial charge on any atom is -0.350 e. The zero-order chi connectivity index (χ0) is 12.5. The maximum absolute atomic E-state index is 6.40. The lowest BCUT2D eigenvalue weighted by Crippen LogP contribution is -2.29. The second-order valence-corrected chi connectivity index (χ2v) is 5.33. The fourth-order valence-corrected chi connectivity index (χ4v) is 3.01. The molecule has 0 spiro atoms. The summed E-state index contributed by atoms with van der Waals surface area (Å²) in [6, 6.07) is 8.62. The number of aryl methyl sites for hydroxylation is 1. The Morgan fingerprint density at radius 2 is 1.94 bits per heavy atom. The first-order valence-electron chi connectivity index (χ1n) is 6.77. The van der Waals surface area contributed by atoms with Gasteiger partial charge in [-0.25, -0.2) is 0 Å². The van der Waals surface area contributed by atoms with E-state index in [0.29, 0.717) is 0 Å². The number of hydrogen-bond donors (Lipinski definition) is 1. The van der Waals surface area contributed by atoms with Crippen LogP contribution in [0.25, 0.3) is 10.9 Å². The van der Waals surface area contributed by atoms with Crippen LogP contribution in [0.1, 0.15) is 24.4 Å². The fourth-order valence-electron chi connectivity index (χ4n) is 3.01. The van der Waals surface area contributed by atoms with Crippen molar-refractivity contribution in [1.29, 1.82) is 0 Å². The zero-order valence-electron chi connectivity index (χ0n) is 11.0. The van der Waals surface area contributed by atoms with Crippen molar-refractivity contribution >= 4 is 10.9 Å². The molecule has 2 aromatic rings. The van der Waals surface area contributed by atoms with E-state index in [1.165, 1.54) is 42.4 Å². The number of benzene rings is 1. The van der Waals surface area contributed by atoms with Gasteiger partial charge in [0, 0.05) is 36.7 Å². The Hall–Kier alpha value is -1.32. The van der Waals surface area contributed by atoms with E-state index in [1.807, 2.05) is 0 Å². The highest BCUT2D eigenvalue weighted by Crippen LogP contribution is 2.25. The van der Waals surface area contributed by atoms with Crippen LogP contribution in [0, 0.1) is 0 Å². The molecule has 1 fully saturated rings. The smallest absolute Gasteiger partial charge is 0.0481 e. The van der Waals surface area contributed by atoms with Crippen LogP contribution in [-0.2, 0) is 7.05 Å². The lowest BCUT2D eigenvalue weighted by Gasteiger charge is -2.19. The Balaban J connectivity index is 1.88. The number of nitrogens with zero attached hydrogens (tertiary/aromatic N) is 2. The van der Waals surface area contributed by atoms with Gasteiger partial charge in [-0.05, 0) is 37.6 Å². The molecule has 1 atom stereocenters. The van der Waals surface area contributed by atoms with Gasteiger partial charge in [-0.15, -0.1) is 0 Å². The SMILES string of the molecule is Cn1cc(C(N)CN2CCCC2)c2ccccc21. The molecule has 3 heteroatoms. The maximum atomic E-state index is 6.40. The number of hydrogen-bond acceptors (Lipinski definition) is 2. The topological polar surface area (TPSA) is 34.2 Å². The van der Waals surface area contributed by atoms with Crippen LogP contribution in [0.2, 0.25) is 0 Å². The Bertz CT molecular complexity index is 538. The van der Waals surface area contributed by atoms with Crippen molar-refractivity contribution in [2.24, 2.45) is 12.8 Å². The summed E-state index contributed by atoms with van der Waals surface area (Å²) in [5, 5.41) is 1.30. The average molecular weight is 243 g/mol. The highest BCUT2D eigenvalue weighted by atomic mass is 15.1. The summed E-state index contributed by atoms with van der Waals surface area (Å²) in [7, 11) is 2.09. The first-order chi connectivity index (χ1) is 8.75. The predicted octanol–water partition coefficient (Wildman–Crippen LogP) is 2.27. The second kappa shape index (κ2) is 4.75. The first kappa shape index (κ1) is 11.8. The van der Waals surface area contributed by atoms with Crippen molar-refractivity contribution in [1.82, 2.24) is 9.47 Å². The van der Waals surface area contributed by atoms with E-state index in [1.54, 1.807) is 0 Å². The van der Waals surface area contributed by atoms with Crippen molar-refractivity contribution in [3.05, 3.63) is 36.0 Å². The summed E-state index contributed by atoms with van der Waals surface area (Å²) in [6.07, 6.45) is 4.83. The summed E-state index contributed by atoms with van der Waals surface area (Å²) >= 11 is 0. The molecule has 0 radical (unpaired) electrons. The van der Waals surface area contributed by atoms with Gasteiger partial charge in [0.25, 0.3) is 0 Å². The van der Waals surface area contributed by atoms with Crippen LogP contribution in [0.15, 0.2) is 30.5 Å². The lowest BCUT2D eigenvalue weighted by molar-refractivity contribution is 0.316. The Labute approximate surface area is 108 Å². The van der Waals surface area contributed by atoms with Crippen molar-refractivity contribution in [2.75, 3.05) is 19.6 Å². The van der Waals surface area contributed by atoms with E-state index < -0.39 is 0 Å². The van der Waals surface area contributed by atoms with Gasteiger partial charge in [-0.1, -0.05) is 18.2 Å². The normalized spacial score (nSPS) is 18.6.